The lowest BCUT2D eigenvalue weighted by Gasteiger charge is -2.27. The number of carbonyl (C=O) groups excluding carboxylic acids is 1. The zero-order valence-corrected chi connectivity index (χ0v) is 13.6. The second-order valence-corrected chi connectivity index (χ2v) is 5.51. The highest BCUT2D eigenvalue weighted by Gasteiger charge is 2.14. The number of rotatable bonds is 5. The molecule has 1 aromatic carbocycles. The van der Waals surface area contributed by atoms with E-state index in [2.05, 4.69) is 20.2 Å². The smallest absolute Gasteiger partial charge is 0.263 e. The summed E-state index contributed by atoms with van der Waals surface area (Å²) < 4.78 is 10.8. The van der Waals surface area contributed by atoms with Gasteiger partial charge in [0.25, 0.3) is 5.91 Å². The Bertz CT molecular complexity index is 702. The van der Waals surface area contributed by atoms with E-state index in [0.717, 1.165) is 24.5 Å². The first-order valence-electron chi connectivity index (χ1n) is 7.85. The first kappa shape index (κ1) is 16.2. The Morgan fingerprint density at radius 2 is 2.12 bits per heavy atom. The van der Waals surface area contributed by atoms with Gasteiger partial charge in [0.2, 0.25) is 0 Å². The molecule has 7 nitrogen and oxygen atoms in total. The van der Waals surface area contributed by atoms with Crippen molar-refractivity contribution in [2.75, 3.05) is 43.1 Å². The lowest BCUT2D eigenvalue weighted by molar-refractivity contribution is -0.118. The summed E-state index contributed by atoms with van der Waals surface area (Å²) in [5, 5.41) is 2.73. The minimum absolute atomic E-state index is 0.0691. The average Bonchev–Trinajstić information content (AvgIpc) is 2.61. The van der Waals surface area contributed by atoms with Crippen LogP contribution in [-0.4, -0.2) is 48.8 Å². The number of nitrogens with one attached hydrogen (secondary N) is 1. The highest BCUT2D eigenvalue weighted by molar-refractivity contribution is 5.91. The standard InChI is InChI=1S/C17H20N4O3/c1-13-3-2-4-14(9-13)24-11-17(22)20-15-10-16(19-12-18-15)21-5-7-23-8-6-21/h2-4,9-10,12H,5-8,11H2,1H3,(H,18,19,20,22). The van der Waals surface area contributed by atoms with Crippen LogP contribution < -0.4 is 15.0 Å². The van der Waals surface area contributed by atoms with Gasteiger partial charge in [0.15, 0.2) is 6.61 Å². The topological polar surface area (TPSA) is 76.6 Å². The SMILES string of the molecule is Cc1cccc(OCC(=O)Nc2cc(N3CCOCC3)ncn2)c1. The van der Waals surface area contributed by atoms with Crippen molar-refractivity contribution in [2.24, 2.45) is 0 Å². The minimum Gasteiger partial charge on any atom is -0.484 e. The van der Waals surface area contributed by atoms with Gasteiger partial charge in [-0.1, -0.05) is 12.1 Å². The van der Waals surface area contributed by atoms with Crippen molar-refractivity contribution in [3.63, 3.8) is 0 Å². The first-order chi connectivity index (χ1) is 11.7. The van der Waals surface area contributed by atoms with E-state index in [9.17, 15) is 4.79 Å². The van der Waals surface area contributed by atoms with Gasteiger partial charge >= 0.3 is 0 Å². The van der Waals surface area contributed by atoms with Crippen molar-refractivity contribution in [3.05, 3.63) is 42.2 Å². The van der Waals surface area contributed by atoms with Gasteiger partial charge in [0, 0.05) is 19.2 Å². The van der Waals surface area contributed by atoms with Crippen molar-refractivity contribution in [3.8, 4) is 5.75 Å². The van der Waals surface area contributed by atoms with Gasteiger partial charge in [-0.25, -0.2) is 9.97 Å². The Morgan fingerprint density at radius 1 is 1.29 bits per heavy atom. The molecule has 24 heavy (non-hydrogen) atoms. The highest BCUT2D eigenvalue weighted by atomic mass is 16.5. The summed E-state index contributed by atoms with van der Waals surface area (Å²) in [5.41, 5.74) is 1.08. The van der Waals surface area contributed by atoms with Gasteiger partial charge in [-0.3, -0.25) is 4.79 Å². The van der Waals surface area contributed by atoms with E-state index in [1.807, 2.05) is 31.2 Å². The number of anilines is 2. The molecular weight excluding hydrogens is 308 g/mol. The number of hydrogen-bond acceptors (Lipinski definition) is 6. The van der Waals surface area contributed by atoms with Crippen LogP contribution in [0.1, 0.15) is 5.56 Å². The lowest BCUT2D eigenvalue weighted by atomic mass is 10.2. The Labute approximate surface area is 140 Å². The van der Waals surface area contributed by atoms with Crippen LogP contribution in [0.5, 0.6) is 5.75 Å². The molecule has 1 saturated heterocycles. The largest absolute Gasteiger partial charge is 0.484 e. The maximum atomic E-state index is 12.0. The second-order valence-electron chi connectivity index (χ2n) is 5.51. The van der Waals surface area contributed by atoms with E-state index in [-0.39, 0.29) is 12.5 Å². The quantitative estimate of drug-likeness (QED) is 0.899. The Morgan fingerprint density at radius 3 is 2.92 bits per heavy atom. The first-order valence-corrected chi connectivity index (χ1v) is 7.85. The molecule has 0 bridgehead atoms. The normalized spacial score (nSPS) is 14.3. The van der Waals surface area contributed by atoms with Crippen molar-refractivity contribution >= 4 is 17.5 Å². The number of aryl methyl sites for hydroxylation is 1. The molecule has 0 spiro atoms. The monoisotopic (exact) mass is 328 g/mol. The molecule has 0 aliphatic carbocycles. The molecule has 1 amide bonds. The van der Waals surface area contributed by atoms with E-state index in [0.29, 0.717) is 24.8 Å². The molecule has 1 aliphatic heterocycles. The number of amides is 1. The Kier molecular flexibility index (Phi) is 5.22. The fourth-order valence-corrected chi connectivity index (χ4v) is 2.41. The molecule has 0 unspecified atom stereocenters. The summed E-state index contributed by atoms with van der Waals surface area (Å²) in [4.78, 5) is 22.5. The van der Waals surface area contributed by atoms with Crippen LogP contribution in [0, 0.1) is 6.92 Å². The average molecular weight is 328 g/mol. The number of nitrogens with zero attached hydrogens (tertiary/aromatic N) is 3. The third-order valence-corrected chi connectivity index (χ3v) is 3.61. The Balaban J connectivity index is 1.56. The molecule has 1 aliphatic rings. The van der Waals surface area contributed by atoms with Crippen molar-refractivity contribution in [1.29, 1.82) is 0 Å². The molecule has 1 N–H and O–H groups in total. The molecule has 0 radical (unpaired) electrons. The minimum atomic E-state index is -0.261. The van der Waals surface area contributed by atoms with Crippen molar-refractivity contribution < 1.29 is 14.3 Å². The zero-order chi connectivity index (χ0) is 16.8. The molecule has 3 rings (SSSR count). The summed E-state index contributed by atoms with van der Waals surface area (Å²) in [5.74, 6) is 1.65. The lowest BCUT2D eigenvalue weighted by Crippen LogP contribution is -2.36. The number of benzene rings is 1. The van der Waals surface area contributed by atoms with Crippen LogP contribution in [0.2, 0.25) is 0 Å². The van der Waals surface area contributed by atoms with Crippen LogP contribution in [0.15, 0.2) is 36.7 Å². The third-order valence-electron chi connectivity index (χ3n) is 3.61. The molecule has 126 valence electrons. The predicted molar refractivity (Wildman–Crippen MR) is 90.4 cm³/mol. The zero-order valence-electron chi connectivity index (χ0n) is 13.6. The molecule has 0 atom stereocenters. The fraction of sp³-hybridized carbons (Fsp3) is 0.353. The van der Waals surface area contributed by atoms with Crippen LogP contribution in [-0.2, 0) is 9.53 Å². The number of hydrogen-bond donors (Lipinski definition) is 1. The van der Waals surface area contributed by atoms with Crippen LogP contribution in [0.4, 0.5) is 11.6 Å². The van der Waals surface area contributed by atoms with E-state index in [1.165, 1.54) is 6.33 Å². The van der Waals surface area contributed by atoms with Crippen LogP contribution in [0.25, 0.3) is 0 Å². The van der Waals surface area contributed by atoms with Crippen molar-refractivity contribution in [2.45, 2.75) is 6.92 Å². The highest BCUT2D eigenvalue weighted by Crippen LogP contribution is 2.16. The van der Waals surface area contributed by atoms with Gasteiger partial charge in [-0.2, -0.15) is 0 Å². The fourth-order valence-electron chi connectivity index (χ4n) is 2.41. The van der Waals surface area contributed by atoms with E-state index >= 15 is 0 Å². The van der Waals surface area contributed by atoms with Crippen LogP contribution >= 0.6 is 0 Å². The third kappa shape index (κ3) is 4.42. The Hall–Kier alpha value is -2.67. The van der Waals surface area contributed by atoms with E-state index < -0.39 is 0 Å². The summed E-state index contributed by atoms with van der Waals surface area (Å²) in [6.07, 6.45) is 1.45. The van der Waals surface area contributed by atoms with Gasteiger partial charge in [0.1, 0.15) is 23.7 Å². The van der Waals surface area contributed by atoms with Crippen LogP contribution in [0.3, 0.4) is 0 Å². The van der Waals surface area contributed by atoms with E-state index in [4.69, 9.17) is 9.47 Å². The molecule has 7 heteroatoms. The van der Waals surface area contributed by atoms with Gasteiger partial charge < -0.3 is 19.7 Å². The van der Waals surface area contributed by atoms with Gasteiger partial charge in [0.05, 0.1) is 13.2 Å². The molecule has 1 fully saturated rings. The molecule has 0 saturated carbocycles. The molecular formula is C17H20N4O3. The number of carbonyl (C=O) groups is 1. The van der Waals surface area contributed by atoms with Gasteiger partial charge in [-0.15, -0.1) is 0 Å². The molecule has 2 heterocycles. The second kappa shape index (κ2) is 7.74. The molecule has 2 aromatic rings. The van der Waals surface area contributed by atoms with Gasteiger partial charge in [-0.05, 0) is 24.6 Å². The number of ether oxygens (including phenoxy) is 2. The maximum absolute atomic E-state index is 12.0. The summed E-state index contributed by atoms with van der Waals surface area (Å²) >= 11 is 0. The number of aromatic nitrogens is 2. The summed E-state index contributed by atoms with van der Waals surface area (Å²) in [6.45, 7) is 4.81. The van der Waals surface area contributed by atoms with E-state index in [1.54, 1.807) is 6.07 Å². The summed E-state index contributed by atoms with van der Waals surface area (Å²) in [6, 6.07) is 9.33. The molecule has 1 aromatic heterocycles. The maximum Gasteiger partial charge on any atom is 0.263 e. The predicted octanol–water partition coefficient (Wildman–Crippen LogP) is 1.64. The summed E-state index contributed by atoms with van der Waals surface area (Å²) in [7, 11) is 0. The van der Waals surface area contributed by atoms with Crippen molar-refractivity contribution in [1.82, 2.24) is 9.97 Å². The number of morpholine rings is 1.